The van der Waals surface area contributed by atoms with Crippen LogP contribution >= 0.6 is 11.8 Å². The van der Waals surface area contributed by atoms with E-state index in [2.05, 4.69) is 18.7 Å². The van der Waals surface area contributed by atoms with Gasteiger partial charge in [-0.2, -0.15) is 11.8 Å². The number of carbonyl (C=O) groups excluding carboxylic acids is 1. The zero-order valence-electron chi connectivity index (χ0n) is 17.9. The summed E-state index contributed by atoms with van der Waals surface area (Å²) >= 11 is 2.17. The van der Waals surface area contributed by atoms with Crippen LogP contribution in [0.25, 0.3) is 0 Å². The van der Waals surface area contributed by atoms with Crippen LogP contribution in [0.15, 0.2) is 0 Å². The highest BCUT2D eigenvalue weighted by Gasteiger charge is 1.95. The van der Waals surface area contributed by atoms with Crippen molar-refractivity contribution in [2.75, 3.05) is 11.5 Å². The van der Waals surface area contributed by atoms with Gasteiger partial charge in [-0.1, -0.05) is 110 Å². The molecule has 0 rings (SSSR count). The van der Waals surface area contributed by atoms with Gasteiger partial charge in [0.25, 0.3) is 0 Å². The van der Waals surface area contributed by atoms with Gasteiger partial charge >= 0.3 is 0 Å². The van der Waals surface area contributed by atoms with Crippen molar-refractivity contribution >= 4 is 18.0 Å². The molecular weight excluding hydrogens is 336 g/mol. The maximum absolute atomic E-state index is 10.1. The van der Waals surface area contributed by atoms with Crippen molar-refractivity contribution in [2.24, 2.45) is 0 Å². The van der Waals surface area contributed by atoms with Crippen LogP contribution in [0.5, 0.6) is 0 Å². The summed E-state index contributed by atoms with van der Waals surface area (Å²) in [7, 11) is 0. The topological polar surface area (TPSA) is 17.1 Å². The minimum absolute atomic E-state index is 0.635. The highest BCUT2D eigenvalue weighted by atomic mass is 32.2. The Balaban J connectivity index is 2.96. The van der Waals surface area contributed by atoms with Crippen molar-refractivity contribution < 1.29 is 4.79 Å². The van der Waals surface area contributed by atoms with E-state index in [1.54, 1.807) is 0 Å². The number of hydrogen-bond acceptors (Lipinski definition) is 2. The summed E-state index contributed by atoms with van der Waals surface area (Å²) in [5, 5.41) is 0. The second kappa shape index (κ2) is 25.0. The van der Waals surface area contributed by atoms with Crippen LogP contribution in [0.3, 0.4) is 0 Å². The molecule has 0 aromatic heterocycles. The van der Waals surface area contributed by atoms with Gasteiger partial charge in [0.1, 0.15) is 0 Å². The van der Waals surface area contributed by atoms with E-state index >= 15 is 0 Å². The second-order valence-corrected chi connectivity index (χ2v) is 9.10. The van der Waals surface area contributed by atoms with Crippen molar-refractivity contribution in [3.63, 3.8) is 0 Å². The first-order valence-electron chi connectivity index (χ1n) is 11.8. The maximum atomic E-state index is 10.1. The minimum Gasteiger partial charge on any atom is -0.291 e. The molecule has 0 saturated heterocycles. The Morgan fingerprint density at radius 3 is 1.23 bits per heavy atom. The molecule has 0 amide bonds. The Morgan fingerprint density at radius 2 is 0.846 bits per heavy atom. The van der Waals surface area contributed by atoms with Crippen LogP contribution < -0.4 is 0 Å². The first-order chi connectivity index (χ1) is 12.9. The van der Waals surface area contributed by atoms with Gasteiger partial charge < -0.3 is 0 Å². The molecule has 155 valence electrons. The Morgan fingerprint density at radius 1 is 0.500 bits per heavy atom. The van der Waals surface area contributed by atoms with Gasteiger partial charge in [0, 0.05) is 6.42 Å². The van der Waals surface area contributed by atoms with Crippen molar-refractivity contribution in [3.05, 3.63) is 0 Å². The van der Waals surface area contributed by atoms with Crippen LogP contribution in [0, 0.1) is 0 Å². The van der Waals surface area contributed by atoms with Crippen LogP contribution in [-0.2, 0) is 4.79 Å². The van der Waals surface area contributed by atoms with Crippen molar-refractivity contribution in [2.45, 2.75) is 135 Å². The maximum Gasteiger partial charge on any atom is 0.198 e. The average Bonchev–Trinajstić information content (AvgIpc) is 2.66. The van der Waals surface area contributed by atoms with E-state index in [1.807, 2.05) is 6.29 Å². The number of rotatable bonds is 23. The summed E-state index contributed by atoms with van der Waals surface area (Å²) in [5.74, 6) is 2.73. The zero-order chi connectivity index (χ0) is 19.0. The van der Waals surface area contributed by atoms with E-state index < -0.39 is 0 Å². The SMILES string of the molecule is CCCCCCCCCCCCCCSCCCCCCCCC[C]=O. The molecule has 0 fully saturated rings. The molecule has 0 N–H and O–H groups in total. The fourth-order valence-electron chi connectivity index (χ4n) is 3.43. The average molecular weight is 384 g/mol. The van der Waals surface area contributed by atoms with Gasteiger partial charge in [-0.3, -0.25) is 4.79 Å². The van der Waals surface area contributed by atoms with Crippen molar-refractivity contribution in [3.8, 4) is 0 Å². The van der Waals surface area contributed by atoms with Crippen LogP contribution in [-0.4, -0.2) is 17.8 Å². The third-order valence-electron chi connectivity index (χ3n) is 5.21. The predicted molar refractivity (Wildman–Crippen MR) is 121 cm³/mol. The monoisotopic (exact) mass is 383 g/mol. The zero-order valence-corrected chi connectivity index (χ0v) is 18.7. The molecule has 0 saturated carbocycles. The normalized spacial score (nSPS) is 11.1. The third-order valence-corrected chi connectivity index (χ3v) is 6.36. The molecule has 1 radical (unpaired) electrons. The van der Waals surface area contributed by atoms with Gasteiger partial charge in [-0.25, -0.2) is 0 Å². The molecule has 2 heteroatoms. The summed E-state index contributed by atoms with van der Waals surface area (Å²) in [6.45, 7) is 2.29. The molecule has 1 nitrogen and oxygen atoms in total. The van der Waals surface area contributed by atoms with Gasteiger partial charge in [0.2, 0.25) is 0 Å². The number of hydrogen-bond donors (Lipinski definition) is 0. The fourth-order valence-corrected chi connectivity index (χ4v) is 4.45. The lowest BCUT2D eigenvalue weighted by Crippen LogP contribution is -1.87. The largest absolute Gasteiger partial charge is 0.291 e. The molecule has 0 spiro atoms. The summed E-state index contributed by atoms with van der Waals surface area (Å²) < 4.78 is 0. The molecule has 0 aromatic rings. The van der Waals surface area contributed by atoms with Gasteiger partial charge in [0.15, 0.2) is 6.29 Å². The van der Waals surface area contributed by atoms with E-state index in [-0.39, 0.29) is 0 Å². The number of thioether (sulfide) groups is 1. The molecule has 0 aliphatic heterocycles. The summed E-state index contributed by atoms with van der Waals surface area (Å²) in [6.07, 6.45) is 29.1. The molecular formula is C24H47OS. The molecule has 0 aromatic carbocycles. The standard InChI is InChI=1S/C24H47OS/c1-2-3-4-5-6-7-8-9-11-14-17-20-23-26-24-21-18-15-12-10-13-16-19-22-25/h2-21,23-24H2,1H3. The Hall–Kier alpha value is 0.0200. The second-order valence-electron chi connectivity index (χ2n) is 7.87. The van der Waals surface area contributed by atoms with Crippen LogP contribution in [0.2, 0.25) is 0 Å². The Kier molecular flexibility index (Phi) is 25.0. The van der Waals surface area contributed by atoms with Crippen LogP contribution in [0.1, 0.15) is 135 Å². The quantitative estimate of drug-likeness (QED) is 0.164. The molecule has 0 aliphatic rings. The molecule has 0 aliphatic carbocycles. The first-order valence-corrected chi connectivity index (χ1v) is 13.0. The van der Waals surface area contributed by atoms with Crippen LogP contribution in [0.4, 0.5) is 0 Å². The lowest BCUT2D eigenvalue weighted by atomic mass is 10.1. The molecule has 0 bridgehead atoms. The van der Waals surface area contributed by atoms with E-state index in [0.29, 0.717) is 6.42 Å². The predicted octanol–water partition coefficient (Wildman–Crippen LogP) is 8.65. The minimum atomic E-state index is 0.635. The van der Waals surface area contributed by atoms with Gasteiger partial charge in [-0.05, 0) is 30.8 Å². The highest BCUT2D eigenvalue weighted by molar-refractivity contribution is 7.99. The van der Waals surface area contributed by atoms with E-state index in [0.717, 1.165) is 6.42 Å². The molecule has 0 heterocycles. The Bertz CT molecular complexity index is 255. The van der Waals surface area contributed by atoms with E-state index in [1.165, 1.54) is 127 Å². The van der Waals surface area contributed by atoms with Crippen molar-refractivity contribution in [1.29, 1.82) is 0 Å². The lowest BCUT2D eigenvalue weighted by molar-refractivity contribution is 0.541. The summed E-state index contributed by atoms with van der Waals surface area (Å²) in [4.78, 5) is 10.1. The van der Waals surface area contributed by atoms with Gasteiger partial charge in [-0.15, -0.1) is 0 Å². The lowest BCUT2D eigenvalue weighted by Gasteiger charge is -2.04. The van der Waals surface area contributed by atoms with Gasteiger partial charge in [0.05, 0.1) is 0 Å². The highest BCUT2D eigenvalue weighted by Crippen LogP contribution is 2.15. The fraction of sp³-hybridized carbons (Fsp3) is 0.958. The molecule has 26 heavy (non-hydrogen) atoms. The van der Waals surface area contributed by atoms with E-state index in [4.69, 9.17) is 0 Å². The third kappa shape index (κ3) is 24.0. The summed E-state index contributed by atoms with van der Waals surface area (Å²) in [6, 6.07) is 0. The smallest absolute Gasteiger partial charge is 0.198 e. The molecule has 0 atom stereocenters. The first kappa shape index (κ1) is 26.0. The van der Waals surface area contributed by atoms with E-state index in [9.17, 15) is 4.79 Å². The van der Waals surface area contributed by atoms with Crippen molar-refractivity contribution in [1.82, 2.24) is 0 Å². The Labute approximate surface area is 169 Å². The summed E-state index contributed by atoms with van der Waals surface area (Å²) in [5.41, 5.74) is 0. The molecule has 0 unspecified atom stereocenters. The number of unbranched alkanes of at least 4 members (excludes halogenated alkanes) is 18.